The molecule has 0 radical (unpaired) electrons. The van der Waals surface area contributed by atoms with Crippen LogP contribution in [0, 0.1) is 13.8 Å². The standard InChI is InChI=1S/C28H36N6O/c1-7-25(26-30-31-32-34(26)28(4,5)6)33(15-14-21-11-9-8-10-20(21)3)18-23-17-22-16-19(2)12-13-24(22)29-27(23)35/h8-13,16-17,25H,7,14-15,18H2,1-6H3,(H,29,35)/t25-/m1/s1. The molecule has 0 bridgehead atoms. The van der Waals surface area contributed by atoms with E-state index in [1.54, 1.807) is 0 Å². The molecular weight excluding hydrogens is 436 g/mol. The highest BCUT2D eigenvalue weighted by Gasteiger charge is 2.29. The fourth-order valence-electron chi connectivity index (χ4n) is 4.69. The van der Waals surface area contributed by atoms with E-state index in [1.165, 1.54) is 16.7 Å². The molecule has 0 saturated heterocycles. The van der Waals surface area contributed by atoms with Gasteiger partial charge in [0.2, 0.25) is 0 Å². The Kier molecular flexibility index (Phi) is 7.17. The van der Waals surface area contributed by atoms with Crippen molar-refractivity contribution in [3.63, 3.8) is 0 Å². The van der Waals surface area contributed by atoms with E-state index in [9.17, 15) is 4.79 Å². The summed E-state index contributed by atoms with van der Waals surface area (Å²) in [6.07, 6.45) is 1.71. The SMILES string of the molecule is CC[C@H](c1nnnn1C(C)(C)C)N(CCc1ccccc1C)Cc1cc2cc(C)ccc2[nH]c1=O. The van der Waals surface area contributed by atoms with E-state index in [2.05, 4.69) is 97.3 Å². The first-order chi connectivity index (χ1) is 16.7. The lowest BCUT2D eigenvalue weighted by molar-refractivity contribution is 0.163. The molecule has 4 rings (SSSR count). The van der Waals surface area contributed by atoms with Crippen LogP contribution in [0.25, 0.3) is 10.9 Å². The number of aromatic nitrogens is 5. The molecule has 0 saturated carbocycles. The molecule has 2 aromatic heterocycles. The first-order valence-corrected chi connectivity index (χ1v) is 12.4. The third-order valence-corrected chi connectivity index (χ3v) is 6.63. The predicted molar refractivity (Wildman–Crippen MR) is 140 cm³/mol. The molecule has 0 aliphatic carbocycles. The fourth-order valence-corrected chi connectivity index (χ4v) is 4.69. The number of rotatable bonds is 8. The van der Waals surface area contributed by atoms with Crippen LogP contribution in [0.1, 0.15) is 68.2 Å². The molecule has 7 nitrogen and oxygen atoms in total. The van der Waals surface area contributed by atoms with Crippen molar-refractivity contribution >= 4 is 10.9 Å². The smallest absolute Gasteiger partial charge is 0.252 e. The molecule has 1 N–H and O–H groups in total. The van der Waals surface area contributed by atoms with E-state index < -0.39 is 0 Å². The summed E-state index contributed by atoms with van der Waals surface area (Å²) in [7, 11) is 0. The van der Waals surface area contributed by atoms with E-state index in [0.29, 0.717) is 6.54 Å². The summed E-state index contributed by atoms with van der Waals surface area (Å²) >= 11 is 0. The molecule has 0 amide bonds. The van der Waals surface area contributed by atoms with Crippen molar-refractivity contribution in [3.8, 4) is 0 Å². The van der Waals surface area contributed by atoms with Crippen molar-refractivity contribution in [1.29, 1.82) is 0 Å². The van der Waals surface area contributed by atoms with Crippen LogP contribution in [-0.4, -0.2) is 36.6 Å². The Labute approximate surface area is 207 Å². The van der Waals surface area contributed by atoms with E-state index in [-0.39, 0.29) is 17.1 Å². The third-order valence-electron chi connectivity index (χ3n) is 6.63. The quantitative estimate of drug-likeness (QED) is 0.387. The molecule has 0 fully saturated rings. The van der Waals surface area contributed by atoms with Crippen LogP contribution in [0.3, 0.4) is 0 Å². The van der Waals surface area contributed by atoms with E-state index in [0.717, 1.165) is 41.7 Å². The zero-order chi connectivity index (χ0) is 25.2. The number of nitrogens with one attached hydrogen (secondary N) is 1. The number of nitrogens with zero attached hydrogens (tertiary/aromatic N) is 5. The molecule has 2 aromatic carbocycles. The van der Waals surface area contributed by atoms with Gasteiger partial charge in [-0.1, -0.05) is 42.8 Å². The highest BCUT2D eigenvalue weighted by Crippen LogP contribution is 2.28. The summed E-state index contributed by atoms with van der Waals surface area (Å²) in [5, 5.41) is 13.8. The van der Waals surface area contributed by atoms with Gasteiger partial charge in [-0.05, 0) is 92.6 Å². The van der Waals surface area contributed by atoms with Crippen molar-refractivity contribution in [2.75, 3.05) is 6.54 Å². The second kappa shape index (κ2) is 10.1. The second-order valence-electron chi connectivity index (χ2n) is 10.4. The summed E-state index contributed by atoms with van der Waals surface area (Å²) < 4.78 is 1.91. The zero-order valence-corrected chi connectivity index (χ0v) is 21.7. The van der Waals surface area contributed by atoms with Gasteiger partial charge in [-0.3, -0.25) is 9.69 Å². The van der Waals surface area contributed by atoms with Gasteiger partial charge in [-0.15, -0.1) is 5.10 Å². The lowest BCUT2D eigenvalue weighted by Crippen LogP contribution is -2.36. The van der Waals surface area contributed by atoms with Gasteiger partial charge in [0, 0.05) is 24.2 Å². The molecule has 0 unspecified atom stereocenters. The Morgan fingerprint density at radius 1 is 1.06 bits per heavy atom. The lowest BCUT2D eigenvalue weighted by Gasteiger charge is -2.32. The maximum atomic E-state index is 13.1. The average molecular weight is 473 g/mol. The van der Waals surface area contributed by atoms with Crippen LogP contribution in [0.2, 0.25) is 0 Å². The Bertz CT molecular complexity index is 1360. The highest BCUT2D eigenvalue weighted by atomic mass is 16.1. The average Bonchev–Trinajstić information content (AvgIpc) is 3.30. The molecule has 35 heavy (non-hydrogen) atoms. The topological polar surface area (TPSA) is 79.7 Å². The molecule has 0 aliphatic heterocycles. The summed E-state index contributed by atoms with van der Waals surface area (Å²) in [4.78, 5) is 18.5. The van der Waals surface area contributed by atoms with Gasteiger partial charge in [0.15, 0.2) is 5.82 Å². The van der Waals surface area contributed by atoms with E-state index in [4.69, 9.17) is 0 Å². The second-order valence-corrected chi connectivity index (χ2v) is 10.4. The zero-order valence-electron chi connectivity index (χ0n) is 21.7. The van der Waals surface area contributed by atoms with Crippen molar-refractivity contribution < 1.29 is 0 Å². The molecule has 184 valence electrons. The summed E-state index contributed by atoms with van der Waals surface area (Å²) in [5.74, 6) is 0.831. The number of H-pyrrole nitrogens is 1. The maximum absolute atomic E-state index is 13.1. The number of pyridine rings is 1. The minimum Gasteiger partial charge on any atom is -0.322 e. The van der Waals surface area contributed by atoms with Crippen LogP contribution in [0.15, 0.2) is 53.3 Å². The largest absolute Gasteiger partial charge is 0.322 e. The number of hydrogen-bond acceptors (Lipinski definition) is 5. The van der Waals surface area contributed by atoms with E-state index in [1.807, 2.05) is 22.9 Å². The Balaban J connectivity index is 1.73. The van der Waals surface area contributed by atoms with Crippen LogP contribution in [0.5, 0.6) is 0 Å². The molecule has 0 aliphatic rings. The van der Waals surface area contributed by atoms with Crippen LogP contribution in [0.4, 0.5) is 0 Å². The van der Waals surface area contributed by atoms with Gasteiger partial charge in [0.05, 0.1) is 11.6 Å². The van der Waals surface area contributed by atoms with Gasteiger partial charge in [-0.25, -0.2) is 4.68 Å². The number of hydrogen-bond donors (Lipinski definition) is 1. The van der Waals surface area contributed by atoms with Crippen molar-refractivity contribution in [2.24, 2.45) is 0 Å². The minimum absolute atomic E-state index is 0.0270. The third kappa shape index (κ3) is 5.51. The van der Waals surface area contributed by atoms with Gasteiger partial charge in [0.25, 0.3) is 5.56 Å². The Hall–Kier alpha value is -3.32. The summed E-state index contributed by atoms with van der Waals surface area (Å²) in [6, 6.07) is 16.6. The van der Waals surface area contributed by atoms with Crippen molar-refractivity contribution in [1.82, 2.24) is 30.1 Å². The van der Waals surface area contributed by atoms with Crippen LogP contribution in [-0.2, 0) is 18.5 Å². The molecule has 2 heterocycles. The minimum atomic E-state index is -0.244. The molecular formula is C28H36N6O. The van der Waals surface area contributed by atoms with Gasteiger partial charge < -0.3 is 4.98 Å². The van der Waals surface area contributed by atoms with Gasteiger partial charge in [-0.2, -0.15) is 0 Å². The van der Waals surface area contributed by atoms with Crippen molar-refractivity contribution in [3.05, 3.63) is 87.0 Å². The first-order valence-electron chi connectivity index (χ1n) is 12.4. The highest BCUT2D eigenvalue weighted by molar-refractivity contribution is 5.79. The van der Waals surface area contributed by atoms with Gasteiger partial charge >= 0.3 is 0 Å². The number of tetrazole rings is 1. The number of aromatic amines is 1. The summed E-state index contributed by atoms with van der Waals surface area (Å²) in [6.45, 7) is 14.0. The van der Waals surface area contributed by atoms with Crippen LogP contribution >= 0.6 is 0 Å². The maximum Gasteiger partial charge on any atom is 0.252 e. The summed E-state index contributed by atoms with van der Waals surface area (Å²) in [5.41, 5.74) is 5.08. The normalized spacial score (nSPS) is 13.0. The molecule has 7 heteroatoms. The Morgan fingerprint density at radius 2 is 1.83 bits per heavy atom. The number of aryl methyl sites for hydroxylation is 2. The van der Waals surface area contributed by atoms with E-state index >= 15 is 0 Å². The Morgan fingerprint density at radius 3 is 2.54 bits per heavy atom. The molecule has 1 atom stereocenters. The van der Waals surface area contributed by atoms with Crippen molar-refractivity contribution in [2.45, 2.75) is 72.5 Å². The van der Waals surface area contributed by atoms with Crippen LogP contribution < -0.4 is 5.56 Å². The lowest BCUT2D eigenvalue weighted by atomic mass is 10.0. The van der Waals surface area contributed by atoms with Gasteiger partial charge in [0.1, 0.15) is 0 Å². The monoisotopic (exact) mass is 472 g/mol. The predicted octanol–water partition coefficient (Wildman–Crippen LogP) is 5.08. The number of benzene rings is 2. The molecule has 4 aromatic rings. The fraction of sp³-hybridized carbons (Fsp3) is 0.429. The number of fused-ring (bicyclic) bond motifs is 1. The molecule has 0 spiro atoms. The first kappa shape index (κ1) is 24.8.